The second-order valence-corrected chi connectivity index (χ2v) is 4.56. The van der Waals surface area contributed by atoms with Crippen molar-refractivity contribution in [2.75, 3.05) is 13.1 Å². The Balaban J connectivity index is 2.01. The third-order valence-corrected chi connectivity index (χ3v) is 3.16. The summed E-state index contributed by atoms with van der Waals surface area (Å²) < 4.78 is 0. The lowest BCUT2D eigenvalue weighted by atomic mass is 10.1. The van der Waals surface area contributed by atoms with E-state index in [1.165, 1.54) is 30.6 Å². The van der Waals surface area contributed by atoms with E-state index in [4.69, 9.17) is 0 Å². The molecule has 1 aromatic rings. The molecule has 1 atom stereocenters. The third-order valence-electron chi connectivity index (χ3n) is 3.16. The molecule has 0 aliphatic carbocycles. The fourth-order valence-electron chi connectivity index (χ4n) is 2.20. The number of aryl methyl sites for hydroxylation is 1. The minimum Gasteiger partial charge on any atom is -0.299 e. The van der Waals surface area contributed by atoms with Gasteiger partial charge < -0.3 is 0 Å². The molecule has 1 fully saturated rings. The van der Waals surface area contributed by atoms with Crippen molar-refractivity contribution in [1.82, 2.24) is 4.90 Å². The lowest BCUT2D eigenvalue weighted by Gasteiger charge is -2.16. The van der Waals surface area contributed by atoms with Crippen molar-refractivity contribution in [2.45, 2.75) is 26.8 Å². The molecule has 0 amide bonds. The summed E-state index contributed by atoms with van der Waals surface area (Å²) in [6.07, 6.45) is 1.37. The molecule has 1 aliphatic heterocycles. The highest BCUT2D eigenvalue weighted by atomic mass is 15.1. The first-order valence-corrected chi connectivity index (χ1v) is 5.52. The zero-order valence-corrected chi connectivity index (χ0v) is 9.16. The summed E-state index contributed by atoms with van der Waals surface area (Å²) in [5.41, 5.74) is 2.91. The van der Waals surface area contributed by atoms with Gasteiger partial charge in [-0.1, -0.05) is 31.2 Å². The Hall–Kier alpha value is -0.820. The second kappa shape index (κ2) is 4.14. The summed E-state index contributed by atoms with van der Waals surface area (Å²) >= 11 is 0. The van der Waals surface area contributed by atoms with Crippen molar-refractivity contribution in [3.05, 3.63) is 35.4 Å². The van der Waals surface area contributed by atoms with Crippen LogP contribution in [0.1, 0.15) is 24.5 Å². The van der Waals surface area contributed by atoms with E-state index in [1.54, 1.807) is 0 Å². The van der Waals surface area contributed by atoms with Crippen molar-refractivity contribution >= 4 is 0 Å². The van der Waals surface area contributed by atoms with Crippen molar-refractivity contribution in [1.29, 1.82) is 0 Å². The standard InChI is InChI=1S/C13H19N/c1-11-7-8-14(9-11)10-13-6-4-3-5-12(13)2/h3-6,11H,7-10H2,1-2H3/t11-/m1/s1. The van der Waals surface area contributed by atoms with Gasteiger partial charge in [0.25, 0.3) is 0 Å². The highest BCUT2D eigenvalue weighted by Crippen LogP contribution is 2.18. The number of likely N-dealkylation sites (tertiary alicyclic amines) is 1. The van der Waals surface area contributed by atoms with Crippen molar-refractivity contribution in [2.24, 2.45) is 5.92 Å². The summed E-state index contributed by atoms with van der Waals surface area (Å²) in [4.78, 5) is 2.56. The number of nitrogens with zero attached hydrogens (tertiary/aromatic N) is 1. The van der Waals surface area contributed by atoms with Crippen LogP contribution in [0.3, 0.4) is 0 Å². The lowest BCUT2D eigenvalue weighted by Crippen LogP contribution is -2.20. The number of hydrogen-bond donors (Lipinski definition) is 0. The van der Waals surface area contributed by atoms with Gasteiger partial charge in [0.2, 0.25) is 0 Å². The van der Waals surface area contributed by atoms with Crippen LogP contribution < -0.4 is 0 Å². The summed E-state index contributed by atoms with van der Waals surface area (Å²) in [5, 5.41) is 0. The first-order chi connectivity index (χ1) is 6.75. The van der Waals surface area contributed by atoms with Gasteiger partial charge in [-0.15, -0.1) is 0 Å². The molecule has 0 bridgehead atoms. The summed E-state index contributed by atoms with van der Waals surface area (Å²) in [5.74, 6) is 0.888. The van der Waals surface area contributed by atoms with Crippen LogP contribution >= 0.6 is 0 Å². The average molecular weight is 189 g/mol. The van der Waals surface area contributed by atoms with E-state index in [2.05, 4.69) is 43.0 Å². The summed E-state index contributed by atoms with van der Waals surface area (Å²) in [6.45, 7) is 8.23. The molecule has 1 nitrogen and oxygen atoms in total. The quantitative estimate of drug-likeness (QED) is 0.691. The molecule has 1 saturated heterocycles. The van der Waals surface area contributed by atoms with Crippen LogP contribution in [0.15, 0.2) is 24.3 Å². The maximum absolute atomic E-state index is 2.56. The Bertz CT molecular complexity index is 306. The highest BCUT2D eigenvalue weighted by molar-refractivity contribution is 5.25. The van der Waals surface area contributed by atoms with Crippen LogP contribution in [0.4, 0.5) is 0 Å². The fourth-order valence-corrected chi connectivity index (χ4v) is 2.20. The van der Waals surface area contributed by atoms with Gasteiger partial charge in [0.1, 0.15) is 0 Å². The molecule has 1 aromatic carbocycles. The number of benzene rings is 1. The van der Waals surface area contributed by atoms with Gasteiger partial charge in [-0.2, -0.15) is 0 Å². The zero-order chi connectivity index (χ0) is 9.97. The van der Waals surface area contributed by atoms with Gasteiger partial charge in [-0.3, -0.25) is 4.90 Å². The number of rotatable bonds is 2. The fraction of sp³-hybridized carbons (Fsp3) is 0.538. The molecule has 0 spiro atoms. The van der Waals surface area contributed by atoms with E-state index in [-0.39, 0.29) is 0 Å². The topological polar surface area (TPSA) is 3.24 Å². The molecule has 0 saturated carbocycles. The molecule has 1 heteroatoms. The predicted octanol–water partition coefficient (Wildman–Crippen LogP) is 2.84. The minimum atomic E-state index is 0.888. The van der Waals surface area contributed by atoms with Gasteiger partial charge in [0.15, 0.2) is 0 Å². The van der Waals surface area contributed by atoms with Crippen LogP contribution in [-0.2, 0) is 6.54 Å². The lowest BCUT2D eigenvalue weighted by molar-refractivity contribution is 0.319. The summed E-state index contributed by atoms with van der Waals surface area (Å²) in [6, 6.07) is 8.71. The molecule has 0 N–H and O–H groups in total. The van der Waals surface area contributed by atoms with Crippen molar-refractivity contribution in [3.63, 3.8) is 0 Å². The molecule has 0 unspecified atom stereocenters. The molecule has 76 valence electrons. The largest absolute Gasteiger partial charge is 0.299 e. The molecule has 0 radical (unpaired) electrons. The van der Waals surface area contributed by atoms with E-state index < -0.39 is 0 Å². The van der Waals surface area contributed by atoms with Crippen molar-refractivity contribution < 1.29 is 0 Å². The molecule has 1 heterocycles. The molecule has 0 aromatic heterocycles. The van der Waals surface area contributed by atoms with E-state index in [0.717, 1.165) is 12.5 Å². The molecular weight excluding hydrogens is 170 g/mol. The summed E-state index contributed by atoms with van der Waals surface area (Å²) in [7, 11) is 0. The van der Waals surface area contributed by atoms with Crippen LogP contribution in [0.2, 0.25) is 0 Å². The van der Waals surface area contributed by atoms with E-state index >= 15 is 0 Å². The smallest absolute Gasteiger partial charge is 0.0236 e. The van der Waals surface area contributed by atoms with Gasteiger partial charge in [-0.05, 0) is 36.9 Å². The van der Waals surface area contributed by atoms with E-state index in [0.29, 0.717) is 0 Å². The third kappa shape index (κ3) is 2.16. The van der Waals surface area contributed by atoms with Gasteiger partial charge in [0.05, 0.1) is 0 Å². The first kappa shape index (κ1) is 9.72. The maximum atomic E-state index is 2.56. The van der Waals surface area contributed by atoms with Gasteiger partial charge >= 0.3 is 0 Å². The Labute approximate surface area is 86.7 Å². The van der Waals surface area contributed by atoms with Crippen LogP contribution in [0.25, 0.3) is 0 Å². The molecule has 1 aliphatic rings. The van der Waals surface area contributed by atoms with Crippen LogP contribution in [0.5, 0.6) is 0 Å². The Morgan fingerprint density at radius 2 is 2.14 bits per heavy atom. The van der Waals surface area contributed by atoms with Gasteiger partial charge in [0, 0.05) is 13.1 Å². The SMILES string of the molecule is Cc1ccccc1CN1CC[C@@H](C)C1. The Kier molecular flexibility index (Phi) is 2.87. The van der Waals surface area contributed by atoms with Crippen LogP contribution in [-0.4, -0.2) is 18.0 Å². The van der Waals surface area contributed by atoms with Gasteiger partial charge in [-0.25, -0.2) is 0 Å². The predicted molar refractivity (Wildman–Crippen MR) is 60.2 cm³/mol. The monoisotopic (exact) mass is 189 g/mol. The molecule has 14 heavy (non-hydrogen) atoms. The zero-order valence-electron chi connectivity index (χ0n) is 9.16. The van der Waals surface area contributed by atoms with Crippen LogP contribution in [0, 0.1) is 12.8 Å². The second-order valence-electron chi connectivity index (χ2n) is 4.56. The van der Waals surface area contributed by atoms with E-state index in [9.17, 15) is 0 Å². The minimum absolute atomic E-state index is 0.888. The Morgan fingerprint density at radius 1 is 1.36 bits per heavy atom. The molecule has 2 rings (SSSR count). The number of hydrogen-bond acceptors (Lipinski definition) is 1. The van der Waals surface area contributed by atoms with E-state index in [1.807, 2.05) is 0 Å². The normalized spacial score (nSPS) is 22.9. The Morgan fingerprint density at radius 3 is 2.79 bits per heavy atom. The first-order valence-electron chi connectivity index (χ1n) is 5.52. The van der Waals surface area contributed by atoms with Crippen molar-refractivity contribution in [3.8, 4) is 0 Å². The highest BCUT2D eigenvalue weighted by Gasteiger charge is 2.18. The average Bonchev–Trinajstić information content (AvgIpc) is 2.56. The maximum Gasteiger partial charge on any atom is 0.0236 e. The molecular formula is C13H19N.